The summed E-state index contributed by atoms with van der Waals surface area (Å²) in [7, 11) is 0. The van der Waals surface area contributed by atoms with E-state index in [1.165, 1.54) is 0 Å². The average molecular weight is 468 g/mol. The van der Waals surface area contributed by atoms with Crippen molar-refractivity contribution in [2.45, 2.75) is 31.2 Å². The summed E-state index contributed by atoms with van der Waals surface area (Å²) in [5, 5.41) is 0. The van der Waals surface area contributed by atoms with Crippen molar-refractivity contribution in [1.29, 1.82) is 0 Å². The van der Waals surface area contributed by atoms with E-state index in [1.54, 1.807) is 0 Å². The Bertz CT molecular complexity index is 557. The summed E-state index contributed by atoms with van der Waals surface area (Å²) < 4.78 is 14.0. The second-order valence-corrected chi connectivity index (χ2v) is 7.43. The summed E-state index contributed by atoms with van der Waals surface area (Å²) in [5.74, 6) is 0.882. The van der Waals surface area contributed by atoms with Gasteiger partial charge >= 0.3 is 0 Å². The molecule has 4 unspecified atom stereocenters. The van der Waals surface area contributed by atoms with Crippen LogP contribution < -0.4 is 4.74 Å². The summed E-state index contributed by atoms with van der Waals surface area (Å²) in [6.45, 7) is 0. The molecule has 2 saturated heterocycles. The van der Waals surface area contributed by atoms with Crippen LogP contribution in [0.5, 0.6) is 5.75 Å². The van der Waals surface area contributed by atoms with E-state index in [-0.39, 0.29) is 30.0 Å². The van der Waals surface area contributed by atoms with Crippen molar-refractivity contribution in [3.8, 4) is 5.75 Å². The number of hydrogen-bond acceptors (Lipinski definition) is 3. The van der Waals surface area contributed by atoms with Crippen molar-refractivity contribution in [1.82, 2.24) is 0 Å². The third-order valence-corrected chi connectivity index (χ3v) is 5.51. The molecule has 4 atom stereocenters. The van der Waals surface area contributed by atoms with Gasteiger partial charge in [-0.3, -0.25) is 4.79 Å². The molecule has 0 aromatic heterocycles. The predicted octanol–water partition coefficient (Wildman–Crippen LogP) is 3.02. The smallest absolute Gasteiger partial charge is 0.177 e. The molecule has 1 aromatic rings. The fourth-order valence-corrected chi connectivity index (χ4v) is 5.36. The molecule has 94 valence electrons. The largest absolute Gasteiger partial charge is 0.486 e. The Hall–Kier alpha value is 0.110. The lowest BCUT2D eigenvalue weighted by atomic mass is 9.79. The van der Waals surface area contributed by atoms with E-state index in [0.29, 0.717) is 0 Å². The van der Waals surface area contributed by atoms with Gasteiger partial charge in [0.25, 0.3) is 0 Å². The van der Waals surface area contributed by atoms with Gasteiger partial charge < -0.3 is 9.47 Å². The van der Waals surface area contributed by atoms with Gasteiger partial charge in [0.15, 0.2) is 5.78 Å². The van der Waals surface area contributed by atoms with Gasteiger partial charge in [0, 0.05) is 7.14 Å². The maximum atomic E-state index is 12.7. The van der Waals surface area contributed by atoms with Crippen LogP contribution in [0.1, 0.15) is 23.2 Å². The van der Waals surface area contributed by atoms with Crippen LogP contribution in [-0.2, 0) is 4.74 Å². The van der Waals surface area contributed by atoms with E-state index in [2.05, 4.69) is 45.2 Å². The second-order valence-electron chi connectivity index (χ2n) is 5.02. The Morgan fingerprint density at radius 2 is 1.94 bits per heavy atom. The van der Waals surface area contributed by atoms with E-state index < -0.39 is 0 Å². The zero-order valence-corrected chi connectivity index (χ0v) is 13.7. The number of hydrogen-bond donors (Lipinski definition) is 0. The quantitative estimate of drug-likeness (QED) is 0.550. The number of halogens is 2. The molecule has 2 bridgehead atoms. The summed E-state index contributed by atoms with van der Waals surface area (Å²) in [6.07, 6.45) is 2.16. The fourth-order valence-electron chi connectivity index (χ4n) is 3.30. The molecule has 3 aliphatic heterocycles. The van der Waals surface area contributed by atoms with Gasteiger partial charge in [-0.25, -0.2) is 0 Å². The molecule has 0 aliphatic carbocycles. The first-order valence-corrected chi connectivity index (χ1v) is 8.16. The highest BCUT2D eigenvalue weighted by Crippen LogP contribution is 2.47. The molecule has 4 rings (SSSR count). The van der Waals surface area contributed by atoms with E-state index in [1.807, 2.05) is 12.1 Å². The number of Topliss-reactive ketones (excluding diaryl/α,β-unsaturated/α-hetero) is 1. The van der Waals surface area contributed by atoms with E-state index in [4.69, 9.17) is 9.47 Å². The Morgan fingerprint density at radius 3 is 2.78 bits per heavy atom. The van der Waals surface area contributed by atoms with Gasteiger partial charge in [0.1, 0.15) is 11.9 Å². The zero-order valence-electron chi connectivity index (χ0n) is 9.36. The van der Waals surface area contributed by atoms with Gasteiger partial charge in [-0.2, -0.15) is 0 Å². The van der Waals surface area contributed by atoms with Crippen LogP contribution >= 0.6 is 45.2 Å². The number of carbonyl (C=O) groups is 1. The molecule has 0 saturated carbocycles. The van der Waals surface area contributed by atoms with Gasteiger partial charge in [-0.05, 0) is 70.2 Å². The van der Waals surface area contributed by atoms with Gasteiger partial charge in [0.2, 0.25) is 0 Å². The number of ether oxygens (including phenoxy) is 2. The summed E-state index contributed by atoms with van der Waals surface area (Å²) in [4.78, 5) is 12.7. The molecular weight excluding hydrogens is 458 g/mol. The topological polar surface area (TPSA) is 35.5 Å². The first kappa shape index (κ1) is 11.9. The normalized spacial score (nSPS) is 36.2. The molecule has 3 aliphatic rings. The Balaban J connectivity index is 1.86. The minimum atomic E-state index is -0.0789. The van der Waals surface area contributed by atoms with Crippen molar-refractivity contribution in [3.05, 3.63) is 24.8 Å². The van der Waals surface area contributed by atoms with Gasteiger partial charge in [-0.15, -0.1) is 0 Å². The van der Waals surface area contributed by atoms with Crippen molar-refractivity contribution < 1.29 is 14.3 Å². The first-order chi connectivity index (χ1) is 8.65. The molecule has 18 heavy (non-hydrogen) atoms. The molecular formula is C13H10I2O3. The maximum Gasteiger partial charge on any atom is 0.177 e. The zero-order chi connectivity index (χ0) is 12.4. The molecule has 0 amide bonds. The highest BCUT2D eigenvalue weighted by Gasteiger charge is 2.56. The highest BCUT2D eigenvalue weighted by atomic mass is 127. The Kier molecular flexibility index (Phi) is 2.68. The van der Waals surface area contributed by atoms with Crippen LogP contribution in [0.3, 0.4) is 0 Å². The van der Waals surface area contributed by atoms with Crippen LogP contribution in [0.15, 0.2) is 12.1 Å². The van der Waals surface area contributed by atoms with Crippen molar-refractivity contribution in [2.75, 3.05) is 0 Å². The van der Waals surface area contributed by atoms with E-state index in [0.717, 1.165) is 31.3 Å². The van der Waals surface area contributed by atoms with Crippen molar-refractivity contribution >= 4 is 51.0 Å². The molecule has 3 nitrogen and oxygen atoms in total. The van der Waals surface area contributed by atoms with Crippen LogP contribution in [0.25, 0.3) is 0 Å². The summed E-state index contributed by atoms with van der Waals surface area (Å²) >= 11 is 4.48. The molecule has 5 heteroatoms. The van der Waals surface area contributed by atoms with Gasteiger partial charge in [-0.1, -0.05) is 0 Å². The predicted molar refractivity (Wildman–Crippen MR) is 82.0 cm³/mol. The number of carbonyl (C=O) groups excluding carboxylic acids is 1. The Morgan fingerprint density at radius 1 is 1.17 bits per heavy atom. The van der Waals surface area contributed by atoms with Crippen molar-refractivity contribution in [3.63, 3.8) is 0 Å². The molecule has 3 heterocycles. The number of ketones is 1. The van der Waals surface area contributed by atoms with Crippen LogP contribution in [0.2, 0.25) is 0 Å². The monoisotopic (exact) mass is 468 g/mol. The molecule has 0 radical (unpaired) electrons. The van der Waals surface area contributed by atoms with Crippen LogP contribution in [0.4, 0.5) is 0 Å². The summed E-state index contributed by atoms with van der Waals surface area (Å²) in [5.41, 5.74) is 0.758. The second kappa shape index (κ2) is 4.05. The van der Waals surface area contributed by atoms with Crippen molar-refractivity contribution in [2.24, 2.45) is 5.92 Å². The SMILES string of the molecule is O=C1c2c(I)cc(I)cc2OC2C3CCC(O3)C12. The average Bonchev–Trinajstić information content (AvgIpc) is 2.88. The molecule has 1 aromatic carbocycles. The van der Waals surface area contributed by atoms with E-state index >= 15 is 0 Å². The number of fused-ring (bicyclic) bond motifs is 6. The molecule has 2 fully saturated rings. The fraction of sp³-hybridized carbons (Fsp3) is 0.462. The number of rotatable bonds is 0. The first-order valence-electron chi connectivity index (χ1n) is 6.00. The lowest BCUT2D eigenvalue weighted by molar-refractivity contribution is 0.0558. The third-order valence-electron chi connectivity index (χ3n) is 4.04. The highest BCUT2D eigenvalue weighted by molar-refractivity contribution is 14.1. The maximum absolute atomic E-state index is 12.7. The number of benzene rings is 1. The Labute approximate surface area is 132 Å². The molecule has 0 spiro atoms. The van der Waals surface area contributed by atoms with Crippen LogP contribution in [0, 0.1) is 13.1 Å². The lowest BCUT2D eigenvalue weighted by Gasteiger charge is -2.33. The van der Waals surface area contributed by atoms with Crippen LogP contribution in [-0.4, -0.2) is 24.1 Å². The minimum Gasteiger partial charge on any atom is -0.486 e. The minimum absolute atomic E-state index is 0.0576. The standard InChI is InChI=1S/C13H10I2O3/c14-5-3-6(15)10-9(4-5)18-13-8-2-1-7(17-8)11(13)12(10)16/h3-4,7-8,11,13H,1-2H2. The van der Waals surface area contributed by atoms with E-state index in [9.17, 15) is 4.79 Å². The molecule has 0 N–H and O–H groups in total. The summed E-state index contributed by atoms with van der Waals surface area (Å²) in [6, 6.07) is 3.98. The third kappa shape index (κ3) is 1.53. The van der Waals surface area contributed by atoms with Gasteiger partial charge in [0.05, 0.1) is 23.7 Å². The lowest BCUT2D eigenvalue weighted by Crippen LogP contribution is -2.45.